The fraction of sp³-hybridized carbons (Fsp3) is 0.222. The van der Waals surface area contributed by atoms with E-state index in [1.807, 2.05) is 54.6 Å². The first-order chi connectivity index (χ1) is 17.5. The van der Waals surface area contributed by atoms with Crippen LogP contribution >= 0.6 is 0 Å². The Morgan fingerprint density at radius 3 is 2.00 bits per heavy atom. The standard InChI is InChI=1S/C27H28N4O5/c1-33-21-10-5-18(6-11-21)17-28-27-29-26(20-8-12-22(34-2)13-9-20)30-31(27)25(32)16-19-7-14-23(35-3)24(15-19)36-4/h5-15H,16-17H2,1-4H3,(H,28,29,30). The number of methoxy groups -OCH3 is 4. The highest BCUT2D eigenvalue weighted by molar-refractivity contribution is 5.83. The van der Waals surface area contributed by atoms with E-state index in [2.05, 4.69) is 15.4 Å². The molecule has 0 fully saturated rings. The molecule has 4 rings (SSSR count). The minimum absolute atomic E-state index is 0.100. The Kier molecular flexibility index (Phi) is 7.69. The number of nitrogens with one attached hydrogen (secondary N) is 1. The normalized spacial score (nSPS) is 10.6. The van der Waals surface area contributed by atoms with E-state index >= 15 is 0 Å². The molecular weight excluding hydrogens is 460 g/mol. The zero-order valence-electron chi connectivity index (χ0n) is 20.6. The molecule has 0 aliphatic heterocycles. The molecule has 1 N–H and O–H groups in total. The summed E-state index contributed by atoms with van der Waals surface area (Å²) in [5.74, 6) is 3.18. The van der Waals surface area contributed by atoms with Crippen molar-refractivity contribution in [2.24, 2.45) is 0 Å². The summed E-state index contributed by atoms with van der Waals surface area (Å²) in [5.41, 5.74) is 2.53. The third kappa shape index (κ3) is 5.57. The summed E-state index contributed by atoms with van der Waals surface area (Å²) in [6.07, 6.45) is 0.100. The Balaban J connectivity index is 1.61. The monoisotopic (exact) mass is 488 g/mol. The van der Waals surface area contributed by atoms with Crippen LogP contribution in [-0.4, -0.2) is 49.1 Å². The van der Waals surface area contributed by atoms with Crippen molar-refractivity contribution in [1.82, 2.24) is 14.8 Å². The van der Waals surface area contributed by atoms with Crippen molar-refractivity contribution in [1.29, 1.82) is 0 Å². The van der Waals surface area contributed by atoms with Crippen molar-refractivity contribution >= 4 is 11.9 Å². The van der Waals surface area contributed by atoms with E-state index in [1.165, 1.54) is 4.68 Å². The van der Waals surface area contributed by atoms with Crippen LogP contribution in [0.25, 0.3) is 11.4 Å². The lowest BCUT2D eigenvalue weighted by molar-refractivity contribution is 0.0901. The maximum atomic E-state index is 13.3. The van der Waals surface area contributed by atoms with Crippen molar-refractivity contribution in [3.63, 3.8) is 0 Å². The second-order valence-electron chi connectivity index (χ2n) is 7.86. The highest BCUT2D eigenvalue weighted by Gasteiger charge is 2.19. The molecule has 0 saturated carbocycles. The third-order valence-electron chi connectivity index (χ3n) is 5.60. The second kappa shape index (κ2) is 11.3. The molecule has 0 bridgehead atoms. The maximum Gasteiger partial charge on any atom is 0.254 e. The van der Waals surface area contributed by atoms with Gasteiger partial charge in [0, 0.05) is 12.1 Å². The highest BCUT2D eigenvalue weighted by Crippen LogP contribution is 2.28. The topological polar surface area (TPSA) is 96.7 Å². The zero-order chi connectivity index (χ0) is 25.5. The number of hydrogen-bond acceptors (Lipinski definition) is 8. The number of nitrogens with zero attached hydrogens (tertiary/aromatic N) is 3. The van der Waals surface area contributed by atoms with Gasteiger partial charge in [-0.05, 0) is 59.7 Å². The van der Waals surface area contributed by atoms with Crippen molar-refractivity contribution in [3.05, 3.63) is 77.9 Å². The lowest BCUT2D eigenvalue weighted by atomic mass is 10.1. The lowest BCUT2D eigenvalue weighted by Crippen LogP contribution is -2.18. The largest absolute Gasteiger partial charge is 0.497 e. The summed E-state index contributed by atoms with van der Waals surface area (Å²) >= 11 is 0. The van der Waals surface area contributed by atoms with Gasteiger partial charge in [0.05, 0.1) is 34.9 Å². The molecule has 4 aromatic rings. The molecule has 3 aromatic carbocycles. The van der Waals surface area contributed by atoms with Crippen LogP contribution in [-0.2, 0) is 13.0 Å². The van der Waals surface area contributed by atoms with Crippen molar-refractivity contribution < 1.29 is 23.7 Å². The van der Waals surface area contributed by atoms with Gasteiger partial charge in [-0.1, -0.05) is 18.2 Å². The Bertz CT molecular complexity index is 1320. The van der Waals surface area contributed by atoms with Gasteiger partial charge in [-0.3, -0.25) is 4.79 Å². The van der Waals surface area contributed by atoms with E-state index < -0.39 is 0 Å². The molecule has 0 amide bonds. The Labute approximate surface area is 209 Å². The smallest absolute Gasteiger partial charge is 0.254 e. The summed E-state index contributed by atoms with van der Waals surface area (Å²) < 4.78 is 22.4. The molecule has 0 atom stereocenters. The first kappa shape index (κ1) is 24.6. The third-order valence-corrected chi connectivity index (χ3v) is 5.60. The van der Waals surface area contributed by atoms with E-state index in [0.717, 1.165) is 28.2 Å². The van der Waals surface area contributed by atoms with Crippen LogP contribution in [0.3, 0.4) is 0 Å². The molecule has 1 heterocycles. The van der Waals surface area contributed by atoms with E-state index in [1.54, 1.807) is 40.6 Å². The number of rotatable bonds is 10. The highest BCUT2D eigenvalue weighted by atomic mass is 16.5. The van der Waals surface area contributed by atoms with Crippen LogP contribution in [0, 0.1) is 0 Å². The number of aromatic nitrogens is 3. The molecule has 186 valence electrons. The fourth-order valence-corrected chi connectivity index (χ4v) is 3.63. The summed E-state index contributed by atoms with van der Waals surface area (Å²) in [6, 6.07) is 20.4. The van der Waals surface area contributed by atoms with Crippen LogP contribution in [0.2, 0.25) is 0 Å². The van der Waals surface area contributed by atoms with Crippen molar-refractivity contribution in [3.8, 4) is 34.4 Å². The molecule has 0 spiro atoms. The number of carbonyl (C=O) groups is 1. The number of benzene rings is 3. The second-order valence-corrected chi connectivity index (χ2v) is 7.86. The quantitative estimate of drug-likeness (QED) is 0.349. The SMILES string of the molecule is COc1ccc(CNc2nc(-c3ccc(OC)cc3)nn2C(=O)Cc2ccc(OC)c(OC)c2)cc1. The summed E-state index contributed by atoms with van der Waals surface area (Å²) in [5, 5.41) is 7.77. The maximum absolute atomic E-state index is 13.3. The molecule has 0 aliphatic rings. The van der Waals surface area contributed by atoms with Crippen LogP contribution in [0.1, 0.15) is 15.9 Å². The van der Waals surface area contributed by atoms with Gasteiger partial charge in [0.2, 0.25) is 5.95 Å². The molecular formula is C27H28N4O5. The fourth-order valence-electron chi connectivity index (χ4n) is 3.63. The Morgan fingerprint density at radius 1 is 0.778 bits per heavy atom. The minimum atomic E-state index is -0.244. The van der Waals surface area contributed by atoms with Crippen LogP contribution in [0.4, 0.5) is 5.95 Å². The molecule has 0 saturated heterocycles. The Hall–Kier alpha value is -4.53. The number of hydrogen-bond donors (Lipinski definition) is 1. The molecule has 0 unspecified atom stereocenters. The first-order valence-corrected chi connectivity index (χ1v) is 11.3. The molecule has 9 nitrogen and oxygen atoms in total. The zero-order valence-corrected chi connectivity index (χ0v) is 20.6. The molecule has 1 aromatic heterocycles. The van der Waals surface area contributed by atoms with Gasteiger partial charge >= 0.3 is 0 Å². The molecule has 9 heteroatoms. The predicted octanol–water partition coefficient (Wildman–Crippen LogP) is 4.47. The van der Waals surface area contributed by atoms with Gasteiger partial charge in [0.25, 0.3) is 5.91 Å². The number of anilines is 1. The molecule has 0 radical (unpaired) electrons. The van der Waals surface area contributed by atoms with Gasteiger partial charge < -0.3 is 24.3 Å². The predicted molar refractivity (Wildman–Crippen MR) is 136 cm³/mol. The van der Waals surface area contributed by atoms with E-state index in [-0.39, 0.29) is 12.3 Å². The average Bonchev–Trinajstić information content (AvgIpc) is 3.36. The summed E-state index contributed by atoms with van der Waals surface area (Å²) in [6.45, 7) is 0.453. The lowest BCUT2D eigenvalue weighted by Gasteiger charge is -2.10. The van der Waals surface area contributed by atoms with Crippen molar-refractivity contribution in [2.45, 2.75) is 13.0 Å². The van der Waals surface area contributed by atoms with Crippen molar-refractivity contribution in [2.75, 3.05) is 33.8 Å². The van der Waals surface area contributed by atoms with Gasteiger partial charge in [-0.15, -0.1) is 5.10 Å². The van der Waals surface area contributed by atoms with Crippen LogP contribution in [0.5, 0.6) is 23.0 Å². The van der Waals surface area contributed by atoms with Gasteiger partial charge in [-0.2, -0.15) is 9.67 Å². The summed E-state index contributed by atoms with van der Waals surface area (Å²) in [4.78, 5) is 18.0. The summed E-state index contributed by atoms with van der Waals surface area (Å²) in [7, 11) is 6.36. The first-order valence-electron chi connectivity index (χ1n) is 11.3. The number of carbonyl (C=O) groups excluding carboxylic acids is 1. The van der Waals surface area contributed by atoms with Crippen LogP contribution in [0.15, 0.2) is 66.7 Å². The van der Waals surface area contributed by atoms with E-state index in [0.29, 0.717) is 29.8 Å². The van der Waals surface area contributed by atoms with E-state index in [9.17, 15) is 4.79 Å². The van der Waals surface area contributed by atoms with Gasteiger partial charge in [-0.25, -0.2) is 0 Å². The molecule has 36 heavy (non-hydrogen) atoms. The average molecular weight is 489 g/mol. The van der Waals surface area contributed by atoms with Gasteiger partial charge in [0.1, 0.15) is 11.5 Å². The Morgan fingerprint density at radius 2 is 1.39 bits per heavy atom. The molecule has 0 aliphatic carbocycles. The minimum Gasteiger partial charge on any atom is -0.497 e. The van der Waals surface area contributed by atoms with Crippen LogP contribution < -0.4 is 24.3 Å². The van der Waals surface area contributed by atoms with Gasteiger partial charge in [0.15, 0.2) is 17.3 Å². The van der Waals surface area contributed by atoms with E-state index in [4.69, 9.17) is 18.9 Å². The number of ether oxygens (including phenoxy) is 4.